The molecule has 1 aliphatic heterocycles. The van der Waals surface area contributed by atoms with Crippen LogP contribution in [0.1, 0.15) is 50.8 Å². The van der Waals surface area contributed by atoms with Crippen molar-refractivity contribution in [1.82, 2.24) is 5.32 Å². The van der Waals surface area contributed by atoms with Crippen LogP contribution in [0.3, 0.4) is 0 Å². The number of hydrogen-bond acceptors (Lipinski definition) is 2. The van der Waals surface area contributed by atoms with Crippen LogP contribution in [-0.2, 0) is 4.74 Å². The van der Waals surface area contributed by atoms with Gasteiger partial charge in [0.2, 0.25) is 0 Å². The van der Waals surface area contributed by atoms with Crippen molar-refractivity contribution >= 4 is 18.5 Å². The Morgan fingerprint density at radius 2 is 1.84 bits per heavy atom. The molecule has 1 aliphatic rings. The summed E-state index contributed by atoms with van der Waals surface area (Å²) in [7, 11) is 0. The average Bonchev–Trinajstić information content (AvgIpc) is 2.32. The van der Waals surface area contributed by atoms with Gasteiger partial charge in [0.1, 0.15) is 6.61 Å². The number of cyclic esters (lactones) is 1. The summed E-state index contributed by atoms with van der Waals surface area (Å²) in [5.74, 6) is 0.524. The van der Waals surface area contributed by atoms with Gasteiger partial charge in [-0.05, 0) is 17.0 Å². The molecule has 1 heterocycles. The Morgan fingerprint density at radius 1 is 1.26 bits per heavy atom. The third kappa shape index (κ3) is 3.41. The lowest BCUT2D eigenvalue weighted by molar-refractivity contribution is 0.0387. The van der Waals surface area contributed by atoms with Gasteiger partial charge in [0.15, 0.2) is 0 Å². The van der Waals surface area contributed by atoms with Crippen molar-refractivity contribution in [1.29, 1.82) is 0 Å². The number of halogens is 1. The Balaban J connectivity index is 0.00000180. The van der Waals surface area contributed by atoms with Gasteiger partial charge in [-0.15, -0.1) is 12.4 Å². The molecular weight excluding hydrogens is 262 g/mol. The normalized spacial score (nSPS) is 21.3. The average molecular weight is 284 g/mol. The van der Waals surface area contributed by atoms with Crippen molar-refractivity contribution in [3.8, 4) is 0 Å². The summed E-state index contributed by atoms with van der Waals surface area (Å²) in [4.78, 5) is 11.4. The van der Waals surface area contributed by atoms with Gasteiger partial charge in [-0.2, -0.15) is 0 Å². The number of carbonyl (C=O) groups excluding carboxylic acids is 1. The second-order valence-electron chi connectivity index (χ2n) is 5.96. The molecule has 0 radical (unpaired) electrons. The first-order valence-electron chi connectivity index (χ1n) is 6.43. The fraction of sp³-hybridized carbons (Fsp3) is 0.533. The molecule has 1 aromatic rings. The molecule has 0 unspecified atom stereocenters. The Morgan fingerprint density at radius 3 is 2.37 bits per heavy atom. The molecule has 1 fully saturated rings. The summed E-state index contributed by atoms with van der Waals surface area (Å²) in [5, 5.41) is 2.91. The number of benzene rings is 1. The highest BCUT2D eigenvalue weighted by atomic mass is 35.5. The number of nitrogens with one attached hydrogen (secondary N) is 1. The minimum Gasteiger partial charge on any atom is -0.449 e. The van der Waals surface area contributed by atoms with E-state index in [-0.39, 0.29) is 30.0 Å². The number of carbonyl (C=O) groups is 1. The first-order chi connectivity index (χ1) is 8.40. The fourth-order valence-corrected chi connectivity index (χ4v) is 2.30. The van der Waals surface area contributed by atoms with E-state index in [1.165, 1.54) is 5.56 Å². The summed E-state index contributed by atoms with van der Waals surface area (Å²) in [5.41, 5.74) is 2.36. The third-order valence-corrected chi connectivity index (χ3v) is 3.56. The Bertz CT molecular complexity index is 440. The second-order valence-corrected chi connectivity index (χ2v) is 5.96. The van der Waals surface area contributed by atoms with Crippen molar-refractivity contribution in [3.05, 3.63) is 35.4 Å². The van der Waals surface area contributed by atoms with Crippen molar-refractivity contribution in [3.63, 3.8) is 0 Å². The van der Waals surface area contributed by atoms with Crippen LogP contribution in [0, 0.1) is 5.41 Å². The van der Waals surface area contributed by atoms with Crippen molar-refractivity contribution < 1.29 is 9.53 Å². The summed E-state index contributed by atoms with van der Waals surface area (Å²) in [6.45, 7) is 9.01. The minimum absolute atomic E-state index is 0. The zero-order valence-electron chi connectivity index (χ0n) is 11.9. The number of alkyl carbamates (subject to hydrolysis) is 1. The maximum absolute atomic E-state index is 11.4. The van der Waals surface area contributed by atoms with Gasteiger partial charge in [0.25, 0.3) is 0 Å². The van der Waals surface area contributed by atoms with Gasteiger partial charge in [-0.25, -0.2) is 4.79 Å². The SMILES string of the molecule is CC(C)c1ccc([C@@H]2NC(=O)OCC2(C)C)cc1.Cl. The lowest BCUT2D eigenvalue weighted by Crippen LogP contribution is -2.46. The molecule has 19 heavy (non-hydrogen) atoms. The molecule has 0 aromatic heterocycles. The molecule has 1 aromatic carbocycles. The first-order valence-corrected chi connectivity index (χ1v) is 6.43. The quantitative estimate of drug-likeness (QED) is 0.889. The summed E-state index contributed by atoms with van der Waals surface area (Å²) >= 11 is 0. The topological polar surface area (TPSA) is 38.3 Å². The fourth-order valence-electron chi connectivity index (χ4n) is 2.30. The van der Waals surface area contributed by atoms with Gasteiger partial charge in [-0.1, -0.05) is 52.0 Å². The highest BCUT2D eigenvalue weighted by Crippen LogP contribution is 2.36. The molecule has 106 valence electrons. The van der Waals surface area contributed by atoms with E-state index in [9.17, 15) is 4.79 Å². The largest absolute Gasteiger partial charge is 0.449 e. The molecule has 1 amide bonds. The molecule has 4 heteroatoms. The maximum atomic E-state index is 11.4. The van der Waals surface area contributed by atoms with Crippen LogP contribution in [0.15, 0.2) is 24.3 Å². The van der Waals surface area contributed by atoms with E-state index in [1.54, 1.807) is 0 Å². The highest BCUT2D eigenvalue weighted by Gasteiger charge is 2.37. The van der Waals surface area contributed by atoms with Crippen LogP contribution in [0.25, 0.3) is 0 Å². The molecule has 3 nitrogen and oxygen atoms in total. The molecule has 0 aliphatic carbocycles. The monoisotopic (exact) mass is 283 g/mol. The van der Waals surface area contributed by atoms with E-state index in [1.807, 2.05) is 0 Å². The molecule has 1 saturated heterocycles. The predicted molar refractivity (Wildman–Crippen MR) is 78.8 cm³/mol. The predicted octanol–water partition coefficient (Wildman–Crippen LogP) is 4.04. The molecule has 1 atom stereocenters. The number of amides is 1. The van der Waals surface area contributed by atoms with E-state index in [0.29, 0.717) is 12.5 Å². The summed E-state index contributed by atoms with van der Waals surface area (Å²) in [6.07, 6.45) is -0.327. The summed E-state index contributed by atoms with van der Waals surface area (Å²) in [6, 6.07) is 8.50. The van der Waals surface area contributed by atoms with E-state index < -0.39 is 0 Å². The minimum atomic E-state index is -0.327. The highest BCUT2D eigenvalue weighted by molar-refractivity contribution is 5.85. The second kappa shape index (κ2) is 5.83. The van der Waals surface area contributed by atoms with Crippen LogP contribution < -0.4 is 5.32 Å². The van der Waals surface area contributed by atoms with Crippen molar-refractivity contribution in [2.75, 3.05) is 6.61 Å². The lowest BCUT2D eigenvalue weighted by Gasteiger charge is -2.38. The van der Waals surface area contributed by atoms with Gasteiger partial charge in [-0.3, -0.25) is 0 Å². The van der Waals surface area contributed by atoms with Crippen LogP contribution in [0.4, 0.5) is 4.79 Å². The third-order valence-electron chi connectivity index (χ3n) is 3.56. The molecule has 0 bridgehead atoms. The molecule has 0 spiro atoms. The maximum Gasteiger partial charge on any atom is 0.407 e. The van der Waals surface area contributed by atoms with E-state index in [2.05, 4.69) is 57.3 Å². The first kappa shape index (κ1) is 15.8. The zero-order chi connectivity index (χ0) is 13.3. The van der Waals surface area contributed by atoms with E-state index >= 15 is 0 Å². The molecule has 2 rings (SSSR count). The molecular formula is C15H22ClNO2. The number of ether oxygens (including phenoxy) is 1. The van der Waals surface area contributed by atoms with Crippen molar-refractivity contribution in [2.45, 2.75) is 39.7 Å². The number of hydrogen-bond donors (Lipinski definition) is 1. The van der Waals surface area contributed by atoms with Gasteiger partial charge in [0.05, 0.1) is 6.04 Å². The van der Waals surface area contributed by atoms with Crippen LogP contribution in [0.5, 0.6) is 0 Å². The van der Waals surface area contributed by atoms with Crippen LogP contribution in [-0.4, -0.2) is 12.7 Å². The van der Waals surface area contributed by atoms with Gasteiger partial charge >= 0.3 is 6.09 Å². The van der Waals surface area contributed by atoms with Crippen LogP contribution >= 0.6 is 12.4 Å². The summed E-state index contributed by atoms with van der Waals surface area (Å²) < 4.78 is 5.06. The molecule has 1 N–H and O–H groups in total. The Hall–Kier alpha value is -1.22. The van der Waals surface area contributed by atoms with E-state index in [4.69, 9.17) is 4.74 Å². The van der Waals surface area contributed by atoms with E-state index in [0.717, 1.165) is 5.56 Å². The Kier molecular flexibility index (Phi) is 4.86. The molecule has 0 saturated carbocycles. The van der Waals surface area contributed by atoms with Crippen LogP contribution in [0.2, 0.25) is 0 Å². The zero-order valence-corrected chi connectivity index (χ0v) is 12.7. The lowest BCUT2D eigenvalue weighted by atomic mass is 9.80. The number of rotatable bonds is 2. The standard InChI is InChI=1S/C15H21NO2.ClH/c1-10(2)11-5-7-12(8-6-11)13-15(3,4)9-18-14(17)16-13;/h5-8,10,13H,9H2,1-4H3,(H,16,17);1H/t13-;/m0./s1. The van der Waals surface area contributed by atoms with Gasteiger partial charge < -0.3 is 10.1 Å². The smallest absolute Gasteiger partial charge is 0.407 e. The Labute approximate surface area is 121 Å². The van der Waals surface area contributed by atoms with Gasteiger partial charge in [0, 0.05) is 5.41 Å². The van der Waals surface area contributed by atoms with Crippen molar-refractivity contribution in [2.24, 2.45) is 5.41 Å².